The monoisotopic (exact) mass is 1380 g/mol. The molecule has 544 valence electrons. The van der Waals surface area contributed by atoms with Crippen LogP contribution in [0.4, 0.5) is 0 Å². The number of amides is 4. The van der Waals surface area contributed by atoms with Gasteiger partial charge in [0.05, 0.1) is 65.5 Å². The van der Waals surface area contributed by atoms with Gasteiger partial charge in [-0.05, 0) is 0 Å². The summed E-state index contributed by atoms with van der Waals surface area (Å²) >= 11 is 0. The van der Waals surface area contributed by atoms with E-state index in [1.54, 1.807) is 0 Å². The van der Waals surface area contributed by atoms with Gasteiger partial charge >= 0.3 is 0 Å². The maximum absolute atomic E-state index is 12.8. The van der Waals surface area contributed by atoms with Crippen molar-refractivity contribution in [1.29, 1.82) is 0 Å². The first kappa shape index (κ1) is 77.9. The van der Waals surface area contributed by atoms with Gasteiger partial charge in [-0.2, -0.15) is 0 Å². The molecular formula is C52H88N4O38. The Morgan fingerprint density at radius 2 is 0.681 bits per heavy atom. The minimum absolute atomic E-state index is 0.267. The fourth-order valence-corrected chi connectivity index (χ4v) is 11.7. The van der Waals surface area contributed by atoms with Crippen LogP contribution in [0.1, 0.15) is 20.8 Å². The predicted octanol–water partition coefficient (Wildman–Crippen LogP) is -16.7. The van der Waals surface area contributed by atoms with E-state index >= 15 is 0 Å². The Morgan fingerprint density at radius 1 is 0.351 bits per heavy atom. The van der Waals surface area contributed by atoms with E-state index in [1.807, 2.05) is 0 Å². The molecule has 0 saturated carbocycles. The van der Waals surface area contributed by atoms with Crippen molar-refractivity contribution in [3.05, 3.63) is 0 Å². The van der Waals surface area contributed by atoms with Gasteiger partial charge in [-0.25, -0.2) is 0 Å². The second kappa shape index (κ2) is 35.0. The molecule has 0 unspecified atom stereocenters. The van der Waals surface area contributed by atoms with Crippen LogP contribution in [0.15, 0.2) is 0 Å². The Hall–Kier alpha value is -3.48. The van der Waals surface area contributed by atoms with Crippen molar-refractivity contribution in [3.8, 4) is 0 Å². The molecular weight excluding hydrogens is 1290 g/mol. The maximum atomic E-state index is 12.8. The van der Waals surface area contributed by atoms with Crippen molar-refractivity contribution in [2.75, 3.05) is 59.5 Å². The van der Waals surface area contributed by atoms with Gasteiger partial charge in [-0.3, -0.25) is 19.2 Å². The third kappa shape index (κ3) is 17.7. The van der Waals surface area contributed by atoms with Crippen molar-refractivity contribution >= 4 is 24.1 Å². The van der Waals surface area contributed by atoms with Crippen molar-refractivity contribution in [2.24, 2.45) is 0 Å². The highest BCUT2D eigenvalue weighted by Crippen LogP contribution is 2.38. The molecule has 0 aromatic rings. The van der Waals surface area contributed by atoms with Gasteiger partial charge in [0.2, 0.25) is 24.1 Å². The molecule has 7 saturated heterocycles. The molecule has 7 aliphatic rings. The predicted molar refractivity (Wildman–Crippen MR) is 290 cm³/mol. The van der Waals surface area contributed by atoms with Gasteiger partial charge < -0.3 is 190 Å². The topological polar surface area (TPSA) is 650 Å². The average Bonchev–Trinajstić information content (AvgIpc) is 0.776. The molecule has 0 spiro atoms. The van der Waals surface area contributed by atoms with E-state index in [2.05, 4.69) is 21.3 Å². The third-order valence-electron chi connectivity index (χ3n) is 16.7. The number of nitrogens with one attached hydrogen (secondary N) is 4. The second-order valence-electron chi connectivity index (χ2n) is 23.3. The number of ether oxygens (including phenoxy) is 14. The van der Waals surface area contributed by atoms with Crippen LogP contribution < -0.4 is 21.3 Å². The summed E-state index contributed by atoms with van der Waals surface area (Å²) in [7, 11) is 0. The lowest BCUT2D eigenvalue weighted by molar-refractivity contribution is -0.387. The Balaban J connectivity index is 1.05. The van der Waals surface area contributed by atoms with Crippen LogP contribution in [0, 0.1) is 0 Å². The van der Waals surface area contributed by atoms with E-state index in [9.17, 15) is 121 Å². The Labute approximate surface area is 533 Å². The number of rotatable bonds is 28. The minimum atomic E-state index is -2.30. The molecule has 0 aromatic carbocycles. The zero-order chi connectivity index (χ0) is 69.3. The Bertz CT molecular complexity index is 2370. The lowest BCUT2D eigenvalue weighted by Crippen LogP contribution is -2.70. The Kier molecular flexibility index (Phi) is 29.0. The second-order valence-corrected chi connectivity index (χ2v) is 23.3. The largest absolute Gasteiger partial charge is 0.394 e. The maximum Gasteiger partial charge on any atom is 0.217 e. The molecule has 7 heterocycles. The molecule has 4 amide bonds. The molecule has 7 aliphatic heterocycles. The van der Waals surface area contributed by atoms with E-state index in [0.717, 1.165) is 20.8 Å². The molecule has 7 fully saturated rings. The van der Waals surface area contributed by atoms with Gasteiger partial charge in [0.1, 0.15) is 171 Å². The fraction of sp³-hybridized carbons (Fsp3) is 0.923. The number of hydrogen-bond acceptors (Lipinski definition) is 38. The third-order valence-corrected chi connectivity index (χ3v) is 16.7. The smallest absolute Gasteiger partial charge is 0.217 e. The van der Waals surface area contributed by atoms with Crippen molar-refractivity contribution < 1.29 is 188 Å². The van der Waals surface area contributed by atoms with Crippen LogP contribution in [0.5, 0.6) is 0 Å². The minimum Gasteiger partial charge on any atom is -0.394 e. The summed E-state index contributed by atoms with van der Waals surface area (Å²) in [6.45, 7) is -4.92. The highest BCUT2D eigenvalue weighted by atomic mass is 16.8. The molecule has 42 nitrogen and oxygen atoms in total. The van der Waals surface area contributed by atoms with Gasteiger partial charge in [0, 0.05) is 20.8 Å². The quantitative estimate of drug-likeness (QED) is 0.0324. The first-order chi connectivity index (χ1) is 44.6. The lowest BCUT2D eigenvalue weighted by Gasteiger charge is -2.51. The molecule has 0 radical (unpaired) electrons. The number of carbonyl (C=O) groups is 4. The molecule has 94 heavy (non-hydrogen) atoms. The van der Waals surface area contributed by atoms with Crippen LogP contribution in [0.3, 0.4) is 0 Å². The zero-order valence-electron chi connectivity index (χ0n) is 50.5. The number of carbonyl (C=O) groups excluding carboxylic acids is 4. The standard InChI is InChI=1S/C52H88N4O38/c1-14(65)54-25-32(72)28(68)18(5-58)83-46(25)82-12-24-29(69)35(75)37(77)50(89-24)90-41-21(8-61)86-47(26(33(41)73)55-15(2)66)93-44-30(70)19(6-59)84-51(39(44)79)91-42-22(9-62)87-48(27(34(42)74)56-16(3)67)94-45-31(71)20(7-60)85-52(40(45)80)92-43-23(10-63)88-49(38(78)36(43)76)81-11-17(4-57)53-13-64/h13,17-52,57-63,68-80H,4-12H2,1-3H3,(H,53,64)(H,54,65)(H,55,66)(H,56,67)/t17-,18-,19-,20-,21-,22-,23-,24-,25-,26-,27-,28-,29+,30+,31+,32-,33-,34-,35+,36-,37-,38-,39-,40-,41-,42-,43-,44+,45+,46-,47+,48+,49-,50+,51+,52+/m1/s1. The van der Waals surface area contributed by atoms with Crippen molar-refractivity contribution in [1.82, 2.24) is 21.3 Å². The van der Waals surface area contributed by atoms with Gasteiger partial charge in [0.15, 0.2) is 44.0 Å². The SMILES string of the molecule is CC(=O)N[C@H]1[C@H](O[C@H]2[C@@H](O)[C@@H](CO)O[C@@H](O[C@H]3[C@H](O)[C@@H](NC(C)=O)[C@H](O[C@H]4[C@@H](O)[C@@H](CO)O[C@@H](O[C@H]5[C@H](O)[C@@H](O)[C@H](OC[C@@H](CO)NC=O)O[C@@H]5CO)[C@@H]4O)O[C@@H]3CO)[C@@H]2O)O[C@H](CO)[C@@H](O[C@@H]2O[C@H](CO[C@@H]3O[C@H](CO)[C@@H](O)[C@H](O)[C@H]3NC(C)=O)[C@H](O)[C@H](O)[C@H]2O)[C@@H]1O. The van der Waals surface area contributed by atoms with Crippen molar-refractivity contribution in [3.63, 3.8) is 0 Å². The molecule has 0 aliphatic carbocycles. The summed E-state index contributed by atoms with van der Waals surface area (Å²) < 4.78 is 80.8. The van der Waals surface area contributed by atoms with E-state index in [0.29, 0.717) is 0 Å². The molecule has 0 bridgehead atoms. The first-order valence-corrected chi connectivity index (χ1v) is 29.8. The van der Waals surface area contributed by atoms with Gasteiger partial charge in [-0.1, -0.05) is 0 Å². The number of aliphatic hydroxyl groups is 20. The summed E-state index contributed by atoms with van der Waals surface area (Å²) in [6, 6.07) is -6.17. The first-order valence-electron chi connectivity index (χ1n) is 29.8. The Morgan fingerprint density at radius 3 is 1.09 bits per heavy atom. The molecule has 24 N–H and O–H groups in total. The van der Waals surface area contributed by atoms with Gasteiger partial charge in [0.25, 0.3) is 0 Å². The average molecular weight is 1380 g/mol. The molecule has 0 aromatic heterocycles. The summed E-state index contributed by atoms with van der Waals surface area (Å²) in [6.07, 6.45) is -61.7. The van der Waals surface area contributed by atoms with Gasteiger partial charge in [-0.15, -0.1) is 0 Å². The van der Waals surface area contributed by atoms with Crippen LogP contribution in [-0.2, 0) is 85.5 Å². The summed E-state index contributed by atoms with van der Waals surface area (Å²) in [5, 5.41) is 228. The van der Waals surface area contributed by atoms with Crippen LogP contribution in [-0.4, -0.2) is 407 Å². The van der Waals surface area contributed by atoms with E-state index in [-0.39, 0.29) is 6.41 Å². The van der Waals surface area contributed by atoms with Crippen LogP contribution >= 0.6 is 0 Å². The van der Waals surface area contributed by atoms with Crippen molar-refractivity contribution in [2.45, 2.75) is 242 Å². The summed E-state index contributed by atoms with van der Waals surface area (Å²) in [5.41, 5.74) is 0. The van der Waals surface area contributed by atoms with E-state index < -0.39 is 298 Å². The van der Waals surface area contributed by atoms with Crippen LogP contribution in [0.25, 0.3) is 0 Å². The fourth-order valence-electron chi connectivity index (χ4n) is 11.7. The van der Waals surface area contributed by atoms with E-state index in [4.69, 9.17) is 66.3 Å². The number of hydrogen-bond donors (Lipinski definition) is 24. The highest BCUT2D eigenvalue weighted by molar-refractivity contribution is 5.74. The summed E-state index contributed by atoms with van der Waals surface area (Å²) in [5.74, 6) is -2.51. The molecule has 36 atom stereocenters. The summed E-state index contributed by atoms with van der Waals surface area (Å²) in [4.78, 5) is 48.4. The zero-order valence-corrected chi connectivity index (χ0v) is 50.5. The van der Waals surface area contributed by atoms with Crippen LogP contribution in [0.2, 0.25) is 0 Å². The lowest BCUT2D eigenvalue weighted by atomic mass is 9.93. The number of aliphatic hydroxyl groups excluding tert-OH is 20. The molecule has 7 rings (SSSR count). The molecule has 42 heteroatoms. The highest BCUT2D eigenvalue weighted by Gasteiger charge is 2.59. The normalized spacial score (nSPS) is 46.4. The van der Waals surface area contributed by atoms with E-state index in [1.165, 1.54) is 0 Å².